The van der Waals surface area contributed by atoms with Crippen LogP contribution in [0.25, 0.3) is 0 Å². The van der Waals surface area contributed by atoms with Crippen molar-refractivity contribution in [3.63, 3.8) is 0 Å². The van der Waals surface area contributed by atoms with E-state index in [1.54, 1.807) is 0 Å². The summed E-state index contributed by atoms with van der Waals surface area (Å²) in [5.74, 6) is -2.37. The zero-order valence-electron chi connectivity index (χ0n) is 9.03. The topological polar surface area (TPSA) is 0 Å². The second kappa shape index (κ2) is 3.21. The van der Waals surface area contributed by atoms with E-state index >= 15 is 0 Å². The number of halogens is 2. The average molecular weight is 190 g/mol. The van der Waals surface area contributed by atoms with Crippen LogP contribution in [0.15, 0.2) is 0 Å². The van der Waals surface area contributed by atoms with Gasteiger partial charge in [-0.25, -0.2) is 8.78 Å². The van der Waals surface area contributed by atoms with Gasteiger partial charge in [-0.05, 0) is 37.5 Å². The van der Waals surface area contributed by atoms with Crippen molar-refractivity contribution in [1.82, 2.24) is 0 Å². The maximum Gasteiger partial charge on any atom is 0.248 e. The van der Waals surface area contributed by atoms with Crippen molar-refractivity contribution in [2.75, 3.05) is 0 Å². The van der Waals surface area contributed by atoms with Gasteiger partial charge < -0.3 is 0 Å². The largest absolute Gasteiger partial charge is 0.248 e. The lowest BCUT2D eigenvalue weighted by Crippen LogP contribution is -2.24. The quantitative estimate of drug-likeness (QED) is 0.584. The highest BCUT2D eigenvalue weighted by molar-refractivity contribution is 4.87. The highest BCUT2D eigenvalue weighted by Crippen LogP contribution is 2.47. The Morgan fingerprint density at radius 2 is 1.38 bits per heavy atom. The van der Waals surface area contributed by atoms with Crippen molar-refractivity contribution in [3.8, 4) is 0 Å². The van der Waals surface area contributed by atoms with E-state index in [4.69, 9.17) is 0 Å². The summed E-state index contributed by atoms with van der Waals surface area (Å²) in [4.78, 5) is 0. The first-order valence-electron chi connectivity index (χ1n) is 5.09. The monoisotopic (exact) mass is 190 g/mol. The summed E-state index contributed by atoms with van der Waals surface area (Å²) in [6.07, 6.45) is 2.37. The van der Waals surface area contributed by atoms with Crippen LogP contribution in [0, 0.1) is 17.3 Å². The standard InChI is InChI=1S/C11H20F2/c1-10(2,3)8-5-6-9(7-8)11(4,12)13/h8-9H,5-7H2,1-4H3/t8-,9-/m1/s1. The summed E-state index contributed by atoms with van der Waals surface area (Å²) >= 11 is 0. The molecule has 0 amide bonds. The van der Waals surface area contributed by atoms with E-state index in [9.17, 15) is 8.78 Å². The van der Waals surface area contributed by atoms with E-state index in [2.05, 4.69) is 20.8 Å². The number of hydrogen-bond acceptors (Lipinski definition) is 0. The first-order chi connectivity index (χ1) is 5.71. The summed E-state index contributed by atoms with van der Waals surface area (Å²) in [5.41, 5.74) is 0.194. The molecule has 0 radical (unpaired) electrons. The zero-order chi connectivity index (χ0) is 10.3. The minimum atomic E-state index is -2.47. The molecule has 1 saturated carbocycles. The first-order valence-corrected chi connectivity index (χ1v) is 5.09. The minimum absolute atomic E-state index is 0.194. The zero-order valence-corrected chi connectivity index (χ0v) is 9.03. The van der Waals surface area contributed by atoms with Gasteiger partial charge in [0.15, 0.2) is 0 Å². The lowest BCUT2D eigenvalue weighted by Gasteiger charge is -2.27. The fourth-order valence-corrected chi connectivity index (χ4v) is 2.23. The Labute approximate surface area is 79.7 Å². The molecular formula is C11H20F2. The number of rotatable bonds is 1. The second-order valence-corrected chi connectivity index (χ2v) is 5.53. The lowest BCUT2D eigenvalue weighted by molar-refractivity contribution is -0.0398. The van der Waals surface area contributed by atoms with E-state index in [1.807, 2.05) is 0 Å². The highest BCUT2D eigenvalue weighted by Gasteiger charge is 2.42. The molecule has 78 valence electrons. The molecule has 0 spiro atoms. The maximum absolute atomic E-state index is 13.0. The molecule has 0 N–H and O–H groups in total. The van der Waals surface area contributed by atoms with Crippen molar-refractivity contribution >= 4 is 0 Å². The lowest BCUT2D eigenvalue weighted by atomic mass is 9.79. The van der Waals surface area contributed by atoms with Crippen LogP contribution in [-0.2, 0) is 0 Å². The normalized spacial score (nSPS) is 30.9. The molecule has 1 aliphatic rings. The van der Waals surface area contributed by atoms with E-state index in [0.29, 0.717) is 18.8 Å². The van der Waals surface area contributed by atoms with E-state index in [0.717, 1.165) is 13.3 Å². The molecule has 2 heteroatoms. The van der Waals surface area contributed by atoms with Crippen molar-refractivity contribution in [2.45, 2.75) is 52.9 Å². The molecule has 1 aliphatic carbocycles. The molecule has 0 heterocycles. The summed E-state index contributed by atoms with van der Waals surface area (Å²) in [5, 5.41) is 0. The van der Waals surface area contributed by atoms with Gasteiger partial charge >= 0.3 is 0 Å². The van der Waals surface area contributed by atoms with Gasteiger partial charge in [-0.15, -0.1) is 0 Å². The van der Waals surface area contributed by atoms with Crippen LogP contribution < -0.4 is 0 Å². The fourth-order valence-electron chi connectivity index (χ4n) is 2.23. The third-order valence-corrected chi connectivity index (χ3v) is 3.37. The van der Waals surface area contributed by atoms with E-state index in [-0.39, 0.29) is 11.3 Å². The Hall–Kier alpha value is -0.140. The van der Waals surface area contributed by atoms with Gasteiger partial charge in [0.05, 0.1) is 0 Å². The molecule has 0 bridgehead atoms. The van der Waals surface area contributed by atoms with Crippen LogP contribution in [0.3, 0.4) is 0 Å². The summed E-state index contributed by atoms with van der Waals surface area (Å²) < 4.78 is 26.0. The van der Waals surface area contributed by atoms with Crippen molar-refractivity contribution in [2.24, 2.45) is 17.3 Å². The number of hydrogen-bond donors (Lipinski definition) is 0. The molecule has 0 aliphatic heterocycles. The predicted octanol–water partition coefficient (Wildman–Crippen LogP) is 4.10. The smallest absolute Gasteiger partial charge is 0.207 e. The third-order valence-electron chi connectivity index (χ3n) is 3.37. The van der Waals surface area contributed by atoms with Gasteiger partial charge in [-0.1, -0.05) is 20.8 Å². The van der Waals surface area contributed by atoms with Crippen molar-refractivity contribution in [3.05, 3.63) is 0 Å². The molecule has 0 nitrogen and oxygen atoms in total. The van der Waals surface area contributed by atoms with Gasteiger partial charge in [0.2, 0.25) is 5.92 Å². The van der Waals surface area contributed by atoms with Crippen molar-refractivity contribution in [1.29, 1.82) is 0 Å². The van der Waals surface area contributed by atoms with Gasteiger partial charge in [-0.3, -0.25) is 0 Å². The van der Waals surface area contributed by atoms with Crippen molar-refractivity contribution < 1.29 is 8.78 Å². The SMILES string of the molecule is CC(C)(C)[C@@H]1CC[C@@H](C(C)(F)F)C1. The molecule has 2 atom stereocenters. The summed E-state index contributed by atoms with van der Waals surface area (Å²) in [6, 6.07) is 0. The third kappa shape index (κ3) is 2.65. The van der Waals surface area contributed by atoms with Gasteiger partial charge in [0.1, 0.15) is 0 Å². The van der Waals surface area contributed by atoms with Crippen LogP contribution in [0.4, 0.5) is 8.78 Å². The van der Waals surface area contributed by atoms with Crippen LogP contribution in [0.1, 0.15) is 47.0 Å². The fraction of sp³-hybridized carbons (Fsp3) is 1.00. The Morgan fingerprint density at radius 3 is 1.62 bits per heavy atom. The molecule has 0 aromatic carbocycles. The molecule has 0 saturated heterocycles. The van der Waals surface area contributed by atoms with E-state index in [1.165, 1.54) is 0 Å². The van der Waals surface area contributed by atoms with Gasteiger partial charge in [0, 0.05) is 5.92 Å². The first kappa shape index (κ1) is 10.9. The molecule has 1 fully saturated rings. The second-order valence-electron chi connectivity index (χ2n) is 5.53. The molecule has 0 aromatic heterocycles. The number of alkyl halides is 2. The Morgan fingerprint density at radius 1 is 0.923 bits per heavy atom. The Balaban J connectivity index is 2.55. The molecular weight excluding hydrogens is 170 g/mol. The molecule has 0 unspecified atom stereocenters. The molecule has 0 aromatic rings. The summed E-state index contributed by atoms with van der Waals surface area (Å²) in [6.45, 7) is 7.50. The molecule has 13 heavy (non-hydrogen) atoms. The van der Waals surface area contributed by atoms with Gasteiger partial charge in [-0.2, -0.15) is 0 Å². The predicted molar refractivity (Wildman–Crippen MR) is 50.9 cm³/mol. The van der Waals surface area contributed by atoms with Crippen LogP contribution in [-0.4, -0.2) is 5.92 Å². The van der Waals surface area contributed by atoms with E-state index < -0.39 is 5.92 Å². The molecule has 1 rings (SSSR count). The van der Waals surface area contributed by atoms with Gasteiger partial charge in [0.25, 0.3) is 0 Å². The Kier molecular flexibility index (Phi) is 2.70. The maximum atomic E-state index is 13.0. The van der Waals surface area contributed by atoms with Crippen LogP contribution in [0.2, 0.25) is 0 Å². The highest BCUT2D eigenvalue weighted by atomic mass is 19.3. The minimum Gasteiger partial charge on any atom is -0.207 e. The summed E-state index contributed by atoms with van der Waals surface area (Å²) in [7, 11) is 0. The Bertz CT molecular complexity index is 154. The van der Waals surface area contributed by atoms with Crippen LogP contribution >= 0.6 is 0 Å². The average Bonchev–Trinajstić information content (AvgIpc) is 2.28. The van der Waals surface area contributed by atoms with Crippen LogP contribution in [0.5, 0.6) is 0 Å².